The molecule has 5 aliphatic carbocycles. The summed E-state index contributed by atoms with van der Waals surface area (Å²) in [5.74, 6) is -1.26. The fourth-order valence-corrected chi connectivity index (χ4v) is 12.4. The van der Waals surface area contributed by atoms with Gasteiger partial charge < -0.3 is 38.6 Å². The molecule has 1 heterocycles. The number of hydrogen-bond acceptors (Lipinski definition) is 10. The van der Waals surface area contributed by atoms with Gasteiger partial charge >= 0.3 is 5.97 Å². The van der Waals surface area contributed by atoms with Gasteiger partial charge in [0.05, 0.1) is 43.7 Å². The van der Waals surface area contributed by atoms with Crippen LogP contribution in [0.1, 0.15) is 38.4 Å². The molecule has 1 saturated heterocycles. The van der Waals surface area contributed by atoms with Crippen LogP contribution < -0.4 is 4.74 Å². The van der Waals surface area contributed by atoms with Crippen LogP contribution in [0.3, 0.4) is 0 Å². The smallest absolute Gasteiger partial charge is 0.303 e. The second-order valence-corrected chi connectivity index (χ2v) is 14.4. The number of aliphatic hydroxyl groups excluding tert-OH is 1. The largest absolute Gasteiger partial charge is 0.497 e. The molecule has 7 bridgehead atoms. The molecule has 0 amide bonds. The third kappa shape index (κ3) is 3.73. The molecule has 14 atom stereocenters. The number of rotatable bonds is 10. The molecule has 248 valence electrons. The van der Waals surface area contributed by atoms with Crippen molar-refractivity contribution in [2.75, 3.05) is 55.2 Å². The van der Waals surface area contributed by atoms with Crippen molar-refractivity contribution in [1.29, 1.82) is 0 Å². The van der Waals surface area contributed by atoms with Crippen molar-refractivity contribution < 1.29 is 43.4 Å². The monoisotopic (exact) mass is 627 g/mol. The molecule has 7 rings (SSSR count). The van der Waals surface area contributed by atoms with Gasteiger partial charge in [-0.15, -0.1) is 0 Å². The lowest BCUT2D eigenvalue weighted by molar-refractivity contribution is -0.276. The first-order chi connectivity index (χ1) is 21.6. The molecule has 4 saturated carbocycles. The molecule has 6 aliphatic rings. The zero-order chi connectivity index (χ0) is 32.1. The standard InChI is InChI=1S/C35H49NO9/c1-8-36-17-32(18-40-3)14-13-23(42-5)35-22-15-33(39)24(43-6)16-34(45-19(2)37,27(31(35)36)29(44-7)30(32)35)25(22)26(33)28(38)20-9-11-21(41-4)12-10-20/h9-14,22-31,38-39H,8,15-18H2,1-7H3/t22-,23+,24+,25-,26-,27+,28?,29-,30-,31-,32+,33+,34-,35+/m1/s1. The number of methoxy groups -OCH3 is 5. The third-order valence-electron chi connectivity index (χ3n) is 13.2. The van der Waals surface area contributed by atoms with E-state index in [0.717, 1.165) is 13.1 Å². The van der Waals surface area contributed by atoms with Gasteiger partial charge in [-0.25, -0.2) is 0 Å². The Hall–Kier alpha value is -2.05. The van der Waals surface area contributed by atoms with E-state index < -0.39 is 34.7 Å². The summed E-state index contributed by atoms with van der Waals surface area (Å²) in [7, 11) is 8.49. The quantitative estimate of drug-likeness (QED) is 0.296. The van der Waals surface area contributed by atoms with Crippen LogP contribution in [0.25, 0.3) is 0 Å². The molecule has 1 unspecified atom stereocenters. The SMILES string of the molecule is CCN1C[C@]2(COC)C=C[C@H](OC)[C@@]34[C@@H]5C[C@]6(O)[C@@H](OC)C[C@@](OC(C)=O)([C@H]5[C@@H]6C(O)c5ccc(OC)cc5)[C@@H]([C@@H](OC)[C@H]23)[C@@H]14. The fraction of sp³-hybridized carbons (Fsp3) is 0.743. The van der Waals surface area contributed by atoms with Gasteiger partial charge in [0, 0.05) is 88.9 Å². The highest BCUT2D eigenvalue weighted by Crippen LogP contribution is 2.81. The Morgan fingerprint density at radius 2 is 1.78 bits per heavy atom. The molecule has 2 N–H and O–H groups in total. The minimum absolute atomic E-state index is 0.0344. The number of hydrogen-bond donors (Lipinski definition) is 2. The first-order valence-electron chi connectivity index (χ1n) is 16.3. The molecular weight excluding hydrogens is 578 g/mol. The summed E-state index contributed by atoms with van der Waals surface area (Å²) >= 11 is 0. The number of carbonyl (C=O) groups is 1. The van der Waals surface area contributed by atoms with Crippen molar-refractivity contribution in [3.8, 4) is 5.75 Å². The zero-order valence-electron chi connectivity index (χ0n) is 27.5. The lowest BCUT2D eigenvalue weighted by Crippen LogP contribution is -2.76. The summed E-state index contributed by atoms with van der Waals surface area (Å²) in [5.41, 5.74) is -2.68. The number of ether oxygens (including phenoxy) is 6. The van der Waals surface area contributed by atoms with Crippen LogP contribution in [0, 0.1) is 40.4 Å². The van der Waals surface area contributed by atoms with Gasteiger partial charge in [-0.1, -0.05) is 31.2 Å². The highest BCUT2D eigenvalue weighted by molar-refractivity contribution is 5.67. The lowest BCUT2D eigenvalue weighted by Gasteiger charge is -2.68. The Kier molecular flexibility index (Phi) is 7.53. The zero-order valence-corrected chi connectivity index (χ0v) is 27.5. The van der Waals surface area contributed by atoms with Gasteiger partial charge in [0.2, 0.25) is 0 Å². The molecule has 10 nitrogen and oxygen atoms in total. The van der Waals surface area contributed by atoms with Crippen molar-refractivity contribution >= 4 is 5.97 Å². The molecular formula is C35H49NO9. The maximum atomic E-state index is 13.3. The van der Waals surface area contributed by atoms with Crippen molar-refractivity contribution in [1.82, 2.24) is 4.90 Å². The van der Waals surface area contributed by atoms with Crippen molar-refractivity contribution in [3.05, 3.63) is 42.0 Å². The van der Waals surface area contributed by atoms with Crippen LogP contribution in [0.15, 0.2) is 36.4 Å². The van der Waals surface area contributed by atoms with Crippen LogP contribution in [-0.4, -0.2) is 112 Å². The number of carbonyl (C=O) groups excluding carboxylic acids is 1. The third-order valence-corrected chi connectivity index (χ3v) is 13.2. The highest BCUT2D eigenvalue weighted by atomic mass is 16.6. The van der Waals surface area contributed by atoms with Crippen LogP contribution in [0.2, 0.25) is 0 Å². The number of benzene rings is 1. The number of esters is 1. The molecule has 5 fully saturated rings. The Bertz CT molecular complexity index is 1340. The topological polar surface area (TPSA) is 116 Å². The van der Waals surface area contributed by atoms with E-state index in [9.17, 15) is 15.0 Å². The van der Waals surface area contributed by atoms with Gasteiger partial charge in [-0.05, 0) is 36.6 Å². The summed E-state index contributed by atoms with van der Waals surface area (Å²) in [6.07, 6.45) is 2.88. The predicted octanol–water partition coefficient (Wildman–Crippen LogP) is 2.62. The Morgan fingerprint density at radius 1 is 1.04 bits per heavy atom. The molecule has 45 heavy (non-hydrogen) atoms. The number of aliphatic hydroxyl groups is 2. The van der Waals surface area contributed by atoms with E-state index in [1.54, 1.807) is 35.5 Å². The van der Waals surface area contributed by atoms with Crippen LogP contribution in [0.4, 0.5) is 0 Å². The highest BCUT2D eigenvalue weighted by Gasteiger charge is 2.89. The molecule has 1 aliphatic heterocycles. The van der Waals surface area contributed by atoms with Crippen LogP contribution >= 0.6 is 0 Å². The molecule has 1 aromatic carbocycles. The maximum Gasteiger partial charge on any atom is 0.303 e. The molecule has 1 aromatic rings. The first kappa shape index (κ1) is 31.5. The number of piperidine rings is 1. The molecule has 1 spiro atoms. The summed E-state index contributed by atoms with van der Waals surface area (Å²) in [4.78, 5) is 15.8. The van der Waals surface area contributed by atoms with E-state index in [4.69, 9.17) is 28.4 Å². The van der Waals surface area contributed by atoms with Gasteiger partial charge in [0.25, 0.3) is 0 Å². The molecule has 0 aromatic heterocycles. The molecule has 0 radical (unpaired) electrons. The summed E-state index contributed by atoms with van der Waals surface area (Å²) in [5, 5.41) is 25.3. The van der Waals surface area contributed by atoms with E-state index in [-0.39, 0.29) is 53.3 Å². The Morgan fingerprint density at radius 3 is 2.36 bits per heavy atom. The van der Waals surface area contributed by atoms with Crippen molar-refractivity contribution in [3.63, 3.8) is 0 Å². The minimum atomic E-state index is -1.39. The van der Waals surface area contributed by atoms with Gasteiger partial charge in [0.1, 0.15) is 11.4 Å². The average Bonchev–Trinajstić information content (AvgIpc) is 3.43. The average molecular weight is 628 g/mol. The van der Waals surface area contributed by atoms with E-state index in [2.05, 4.69) is 24.0 Å². The first-order valence-corrected chi connectivity index (χ1v) is 16.3. The van der Waals surface area contributed by atoms with E-state index in [1.807, 2.05) is 24.3 Å². The number of fused-ring (bicyclic) bond motifs is 2. The van der Waals surface area contributed by atoms with E-state index in [0.29, 0.717) is 30.8 Å². The predicted molar refractivity (Wildman–Crippen MR) is 163 cm³/mol. The van der Waals surface area contributed by atoms with Gasteiger partial charge in [0.15, 0.2) is 0 Å². The Balaban J connectivity index is 1.52. The summed E-state index contributed by atoms with van der Waals surface area (Å²) in [6.45, 7) is 5.71. The lowest BCUT2D eigenvalue weighted by atomic mass is 9.44. The second-order valence-electron chi connectivity index (χ2n) is 14.4. The second kappa shape index (κ2) is 10.7. The van der Waals surface area contributed by atoms with Crippen molar-refractivity contribution in [2.24, 2.45) is 40.4 Å². The Labute approximate surface area is 265 Å². The van der Waals surface area contributed by atoms with E-state index in [1.165, 1.54) is 6.92 Å². The number of likely N-dealkylation sites (tertiary alicyclic amines) is 1. The van der Waals surface area contributed by atoms with Crippen LogP contribution in [-0.2, 0) is 28.5 Å². The minimum Gasteiger partial charge on any atom is -0.497 e. The van der Waals surface area contributed by atoms with Gasteiger partial charge in [-0.2, -0.15) is 0 Å². The fourth-order valence-electron chi connectivity index (χ4n) is 12.4. The van der Waals surface area contributed by atoms with Crippen LogP contribution in [0.5, 0.6) is 5.75 Å². The molecule has 10 heteroatoms. The number of nitrogens with zero attached hydrogens (tertiary/aromatic N) is 1. The van der Waals surface area contributed by atoms with Gasteiger partial charge in [-0.3, -0.25) is 9.69 Å². The summed E-state index contributed by atoms with van der Waals surface area (Å²) in [6, 6.07) is 7.28. The maximum absolute atomic E-state index is 13.3. The van der Waals surface area contributed by atoms with Crippen molar-refractivity contribution in [2.45, 2.75) is 68.3 Å². The summed E-state index contributed by atoms with van der Waals surface area (Å²) < 4.78 is 37.3. The van der Waals surface area contributed by atoms with E-state index >= 15 is 0 Å². The normalized spacial score (nSPS) is 47.9.